The Morgan fingerprint density at radius 3 is 2.35 bits per heavy atom. The Bertz CT molecular complexity index is 205. The van der Waals surface area contributed by atoms with Crippen LogP contribution in [-0.4, -0.2) is 37.2 Å². The van der Waals surface area contributed by atoms with E-state index in [1.165, 1.54) is 51.6 Å². The molecule has 0 aromatic heterocycles. The summed E-state index contributed by atoms with van der Waals surface area (Å²) >= 11 is 0. The molecule has 0 aliphatic carbocycles. The van der Waals surface area contributed by atoms with Crippen molar-refractivity contribution in [3.8, 4) is 0 Å². The molecular formula is C15H29NO. The third-order valence-corrected chi connectivity index (χ3v) is 4.79. The first-order chi connectivity index (χ1) is 8.29. The van der Waals surface area contributed by atoms with Gasteiger partial charge in [-0.1, -0.05) is 20.3 Å². The summed E-state index contributed by atoms with van der Waals surface area (Å²) in [5.41, 5.74) is 0. The van der Waals surface area contributed by atoms with E-state index in [0.29, 0.717) is 0 Å². The highest BCUT2D eigenvalue weighted by Crippen LogP contribution is 2.28. The van der Waals surface area contributed by atoms with Crippen LogP contribution in [0.1, 0.15) is 52.4 Å². The van der Waals surface area contributed by atoms with E-state index in [1.807, 2.05) is 0 Å². The lowest BCUT2D eigenvalue weighted by Gasteiger charge is -2.39. The molecule has 17 heavy (non-hydrogen) atoms. The zero-order chi connectivity index (χ0) is 12.1. The Kier molecular flexibility index (Phi) is 5.30. The summed E-state index contributed by atoms with van der Waals surface area (Å²) in [6.07, 6.45) is 8.19. The van der Waals surface area contributed by atoms with E-state index >= 15 is 0 Å². The Morgan fingerprint density at radius 2 is 1.76 bits per heavy atom. The third-order valence-electron chi connectivity index (χ3n) is 4.79. The summed E-state index contributed by atoms with van der Waals surface area (Å²) in [6, 6.07) is 0.827. The van der Waals surface area contributed by atoms with Crippen molar-refractivity contribution >= 4 is 0 Å². The molecule has 2 saturated heterocycles. The third kappa shape index (κ3) is 3.96. The zero-order valence-corrected chi connectivity index (χ0v) is 11.7. The maximum atomic E-state index is 5.45. The SMILES string of the molecule is CCC(C)CC1CCN(C2CCOCC2)CC1. The molecule has 2 aliphatic rings. The van der Waals surface area contributed by atoms with Crippen molar-refractivity contribution in [3.63, 3.8) is 0 Å². The fraction of sp³-hybridized carbons (Fsp3) is 1.00. The molecule has 2 rings (SSSR count). The van der Waals surface area contributed by atoms with Gasteiger partial charge in [0.1, 0.15) is 0 Å². The van der Waals surface area contributed by atoms with Crippen molar-refractivity contribution in [2.75, 3.05) is 26.3 Å². The lowest BCUT2D eigenvalue weighted by atomic mass is 9.86. The van der Waals surface area contributed by atoms with Gasteiger partial charge in [0, 0.05) is 19.3 Å². The van der Waals surface area contributed by atoms with E-state index in [2.05, 4.69) is 18.7 Å². The monoisotopic (exact) mass is 239 g/mol. The van der Waals surface area contributed by atoms with Crippen molar-refractivity contribution in [1.82, 2.24) is 4.90 Å². The standard InChI is InChI=1S/C15H29NO/c1-3-13(2)12-14-4-8-16(9-5-14)15-6-10-17-11-7-15/h13-15H,3-12H2,1-2H3. The highest BCUT2D eigenvalue weighted by Gasteiger charge is 2.26. The predicted octanol–water partition coefficient (Wildman–Crippen LogP) is 3.31. The first-order valence-corrected chi connectivity index (χ1v) is 7.61. The second-order valence-corrected chi connectivity index (χ2v) is 6.07. The van der Waals surface area contributed by atoms with E-state index in [1.54, 1.807) is 0 Å². The Hall–Kier alpha value is -0.0800. The van der Waals surface area contributed by atoms with E-state index in [4.69, 9.17) is 4.74 Å². The van der Waals surface area contributed by atoms with Crippen LogP contribution in [0.3, 0.4) is 0 Å². The normalized spacial score (nSPS) is 27.2. The summed E-state index contributed by atoms with van der Waals surface area (Å²) in [7, 11) is 0. The van der Waals surface area contributed by atoms with Crippen LogP contribution in [0, 0.1) is 11.8 Å². The Morgan fingerprint density at radius 1 is 1.12 bits per heavy atom. The van der Waals surface area contributed by atoms with Crippen LogP contribution < -0.4 is 0 Å². The molecule has 2 heterocycles. The maximum Gasteiger partial charge on any atom is 0.0480 e. The molecule has 0 N–H and O–H groups in total. The molecule has 0 aromatic rings. The number of rotatable bonds is 4. The Labute approximate surface area is 107 Å². The first-order valence-electron chi connectivity index (χ1n) is 7.61. The second-order valence-electron chi connectivity index (χ2n) is 6.07. The van der Waals surface area contributed by atoms with Gasteiger partial charge in [-0.15, -0.1) is 0 Å². The fourth-order valence-corrected chi connectivity index (χ4v) is 3.34. The van der Waals surface area contributed by atoms with Crippen molar-refractivity contribution in [2.45, 2.75) is 58.4 Å². The second kappa shape index (κ2) is 6.75. The minimum Gasteiger partial charge on any atom is -0.381 e. The van der Waals surface area contributed by atoms with Crippen molar-refractivity contribution in [3.05, 3.63) is 0 Å². The summed E-state index contributed by atoms with van der Waals surface area (Å²) in [4.78, 5) is 2.73. The highest BCUT2D eigenvalue weighted by molar-refractivity contribution is 4.80. The topological polar surface area (TPSA) is 12.5 Å². The van der Waals surface area contributed by atoms with Gasteiger partial charge >= 0.3 is 0 Å². The van der Waals surface area contributed by atoms with E-state index in [-0.39, 0.29) is 0 Å². The van der Waals surface area contributed by atoms with Gasteiger partial charge in [0.05, 0.1) is 0 Å². The van der Waals surface area contributed by atoms with Crippen molar-refractivity contribution in [1.29, 1.82) is 0 Å². The van der Waals surface area contributed by atoms with Crippen molar-refractivity contribution in [2.24, 2.45) is 11.8 Å². The number of hydrogen-bond acceptors (Lipinski definition) is 2. The highest BCUT2D eigenvalue weighted by atomic mass is 16.5. The molecule has 100 valence electrons. The lowest BCUT2D eigenvalue weighted by molar-refractivity contribution is 0.0195. The van der Waals surface area contributed by atoms with Gasteiger partial charge in [0.25, 0.3) is 0 Å². The molecule has 2 fully saturated rings. The molecule has 0 bridgehead atoms. The van der Waals surface area contributed by atoms with E-state index in [0.717, 1.165) is 31.1 Å². The zero-order valence-electron chi connectivity index (χ0n) is 11.7. The summed E-state index contributed by atoms with van der Waals surface area (Å²) < 4.78 is 5.45. The molecule has 2 nitrogen and oxygen atoms in total. The molecule has 1 unspecified atom stereocenters. The molecular weight excluding hydrogens is 210 g/mol. The van der Waals surface area contributed by atoms with Crippen LogP contribution in [0.5, 0.6) is 0 Å². The summed E-state index contributed by atoms with van der Waals surface area (Å²) in [5.74, 6) is 1.93. The first kappa shape index (κ1) is 13.4. The predicted molar refractivity (Wildman–Crippen MR) is 72.2 cm³/mol. The van der Waals surface area contributed by atoms with Gasteiger partial charge in [0.15, 0.2) is 0 Å². The van der Waals surface area contributed by atoms with E-state index < -0.39 is 0 Å². The quantitative estimate of drug-likeness (QED) is 0.746. The van der Waals surface area contributed by atoms with Gasteiger partial charge in [-0.2, -0.15) is 0 Å². The number of piperidine rings is 1. The molecule has 2 aliphatic heterocycles. The van der Waals surface area contributed by atoms with Gasteiger partial charge in [-0.3, -0.25) is 0 Å². The van der Waals surface area contributed by atoms with Crippen LogP contribution in [0.15, 0.2) is 0 Å². The molecule has 0 aromatic carbocycles. The molecule has 1 atom stereocenters. The number of likely N-dealkylation sites (tertiary alicyclic amines) is 1. The van der Waals surface area contributed by atoms with Gasteiger partial charge in [-0.25, -0.2) is 0 Å². The van der Waals surface area contributed by atoms with E-state index in [9.17, 15) is 0 Å². The molecule has 0 spiro atoms. The van der Waals surface area contributed by atoms with Crippen LogP contribution in [0.4, 0.5) is 0 Å². The van der Waals surface area contributed by atoms with Crippen LogP contribution in [-0.2, 0) is 4.74 Å². The Balaban J connectivity index is 1.70. The molecule has 0 saturated carbocycles. The maximum absolute atomic E-state index is 5.45. The fourth-order valence-electron chi connectivity index (χ4n) is 3.34. The van der Waals surface area contributed by atoms with Crippen LogP contribution in [0.25, 0.3) is 0 Å². The van der Waals surface area contributed by atoms with Gasteiger partial charge in [0.2, 0.25) is 0 Å². The minimum absolute atomic E-state index is 0.827. The largest absolute Gasteiger partial charge is 0.381 e. The summed E-state index contributed by atoms with van der Waals surface area (Å²) in [5, 5.41) is 0. The number of ether oxygens (including phenoxy) is 1. The molecule has 2 heteroatoms. The van der Waals surface area contributed by atoms with Gasteiger partial charge < -0.3 is 9.64 Å². The molecule has 0 amide bonds. The average molecular weight is 239 g/mol. The minimum atomic E-state index is 0.827. The summed E-state index contributed by atoms with van der Waals surface area (Å²) in [6.45, 7) is 9.37. The van der Waals surface area contributed by atoms with Crippen LogP contribution >= 0.6 is 0 Å². The van der Waals surface area contributed by atoms with Crippen molar-refractivity contribution < 1.29 is 4.74 Å². The lowest BCUT2D eigenvalue weighted by Crippen LogP contribution is -2.44. The van der Waals surface area contributed by atoms with Crippen LogP contribution in [0.2, 0.25) is 0 Å². The average Bonchev–Trinajstić information content (AvgIpc) is 2.40. The van der Waals surface area contributed by atoms with Gasteiger partial charge in [-0.05, 0) is 57.0 Å². The molecule has 0 radical (unpaired) electrons. The number of nitrogens with zero attached hydrogens (tertiary/aromatic N) is 1. The number of hydrogen-bond donors (Lipinski definition) is 0. The smallest absolute Gasteiger partial charge is 0.0480 e.